The summed E-state index contributed by atoms with van der Waals surface area (Å²) < 4.78 is 0. The van der Waals surface area contributed by atoms with Crippen molar-refractivity contribution in [3.05, 3.63) is 123 Å². The molecule has 0 spiro atoms. The van der Waals surface area contributed by atoms with Crippen LogP contribution in [0.1, 0.15) is 55.0 Å². The molecule has 0 saturated carbocycles. The Balaban J connectivity index is 1.42. The van der Waals surface area contributed by atoms with Gasteiger partial charge in [0.25, 0.3) is 11.8 Å². The van der Waals surface area contributed by atoms with Crippen LogP contribution in [0.3, 0.4) is 0 Å². The molecule has 8 heteroatoms. The third-order valence-corrected chi connectivity index (χ3v) is 7.87. The molecule has 0 aliphatic carbocycles. The van der Waals surface area contributed by atoms with E-state index in [2.05, 4.69) is 40.7 Å². The first kappa shape index (κ1) is 30.1. The molecule has 1 aromatic heterocycles. The molecule has 0 fully saturated rings. The van der Waals surface area contributed by atoms with E-state index in [1.807, 2.05) is 48.7 Å². The zero-order valence-corrected chi connectivity index (χ0v) is 24.7. The van der Waals surface area contributed by atoms with Crippen LogP contribution in [0.5, 0.6) is 0 Å². The average molecular weight is 571 g/mol. The highest BCUT2D eigenvalue weighted by atomic mass is 32.1. The van der Waals surface area contributed by atoms with Crippen molar-refractivity contribution < 1.29 is 14.7 Å². The van der Waals surface area contributed by atoms with Crippen molar-refractivity contribution in [2.75, 3.05) is 13.6 Å². The van der Waals surface area contributed by atoms with Crippen molar-refractivity contribution in [2.45, 2.75) is 51.9 Å². The second kappa shape index (κ2) is 14.7. The molecule has 0 aliphatic rings. The van der Waals surface area contributed by atoms with E-state index < -0.39 is 12.1 Å². The highest BCUT2D eigenvalue weighted by Gasteiger charge is 2.23. The second-order valence-electron chi connectivity index (χ2n) is 10.3. The Morgan fingerprint density at radius 2 is 1.66 bits per heavy atom. The number of nitrogens with one attached hydrogen (secondary N) is 2. The number of carbonyl (C=O) groups is 2. The molecule has 2 amide bonds. The van der Waals surface area contributed by atoms with Crippen LogP contribution in [0.4, 0.5) is 0 Å². The number of carbonyl (C=O) groups excluding carboxylic acids is 2. The summed E-state index contributed by atoms with van der Waals surface area (Å²) in [5.41, 5.74) is 5.14. The minimum Gasteiger partial charge on any atom is -0.390 e. The van der Waals surface area contributed by atoms with Gasteiger partial charge in [0.05, 0.1) is 18.7 Å². The molecule has 1 heterocycles. The third-order valence-electron chi connectivity index (χ3n) is 6.92. The maximum Gasteiger partial charge on any atom is 0.253 e. The number of hydrogen-bond donors (Lipinski definition) is 3. The van der Waals surface area contributed by atoms with Crippen LogP contribution in [0.25, 0.3) is 0 Å². The van der Waals surface area contributed by atoms with E-state index >= 15 is 0 Å². The van der Waals surface area contributed by atoms with Gasteiger partial charge in [-0.2, -0.15) is 0 Å². The maximum atomic E-state index is 13.4. The molecular weight excluding hydrogens is 532 g/mol. The van der Waals surface area contributed by atoms with E-state index in [-0.39, 0.29) is 11.8 Å². The van der Waals surface area contributed by atoms with Crippen LogP contribution in [0.15, 0.2) is 84.2 Å². The van der Waals surface area contributed by atoms with E-state index in [4.69, 9.17) is 0 Å². The van der Waals surface area contributed by atoms with Gasteiger partial charge in [-0.3, -0.25) is 9.59 Å². The Bertz CT molecular complexity index is 1440. The largest absolute Gasteiger partial charge is 0.390 e. The van der Waals surface area contributed by atoms with Crippen molar-refractivity contribution in [3.63, 3.8) is 0 Å². The number of hydrogen-bond acceptors (Lipinski definition) is 6. The Labute approximate surface area is 246 Å². The third kappa shape index (κ3) is 8.82. The molecule has 4 rings (SSSR count). The molecule has 0 unspecified atom stereocenters. The minimum absolute atomic E-state index is 0.190. The van der Waals surface area contributed by atoms with Crippen LogP contribution in [0, 0.1) is 6.92 Å². The average Bonchev–Trinajstić information content (AvgIpc) is 3.41. The van der Waals surface area contributed by atoms with Gasteiger partial charge in [-0.15, -0.1) is 11.3 Å². The summed E-state index contributed by atoms with van der Waals surface area (Å²) in [5.74, 6) is -0.529. The number of aryl methyl sites for hydroxylation is 2. The summed E-state index contributed by atoms with van der Waals surface area (Å²) in [6, 6.07) is 24.3. The van der Waals surface area contributed by atoms with E-state index in [0.717, 1.165) is 28.2 Å². The molecule has 0 aliphatic heterocycles. The molecular formula is C33H38N4O3S. The lowest BCUT2D eigenvalue weighted by Crippen LogP contribution is -2.48. The summed E-state index contributed by atoms with van der Waals surface area (Å²) in [7, 11) is 1.73. The number of thiazole rings is 1. The lowest BCUT2D eigenvalue weighted by Gasteiger charge is -2.25. The van der Waals surface area contributed by atoms with E-state index in [0.29, 0.717) is 37.2 Å². The Morgan fingerprint density at radius 1 is 0.951 bits per heavy atom. The van der Waals surface area contributed by atoms with Gasteiger partial charge in [0.2, 0.25) is 0 Å². The normalized spacial score (nSPS) is 12.5. The van der Waals surface area contributed by atoms with Crippen LogP contribution in [-0.2, 0) is 25.9 Å². The SMILES string of the molecule is CCc1cccc(CNC[C@@H](O)[C@H](Cc2ccccc2)NC(=O)c2cccc(C(=O)N(C)Cc3nc(C)cs3)c2)c1. The van der Waals surface area contributed by atoms with E-state index in [1.165, 1.54) is 16.9 Å². The summed E-state index contributed by atoms with van der Waals surface area (Å²) >= 11 is 1.52. The fourth-order valence-electron chi connectivity index (χ4n) is 4.63. The van der Waals surface area contributed by atoms with Gasteiger partial charge in [0, 0.05) is 42.3 Å². The first-order valence-electron chi connectivity index (χ1n) is 13.9. The number of aromatic nitrogens is 1. The smallest absolute Gasteiger partial charge is 0.253 e. The zero-order chi connectivity index (χ0) is 29.2. The predicted octanol–water partition coefficient (Wildman–Crippen LogP) is 4.78. The topological polar surface area (TPSA) is 94.6 Å². The summed E-state index contributed by atoms with van der Waals surface area (Å²) in [5, 5.41) is 20.3. The zero-order valence-electron chi connectivity index (χ0n) is 23.8. The summed E-state index contributed by atoms with van der Waals surface area (Å²) in [4.78, 5) is 32.5. The Kier molecular flexibility index (Phi) is 10.8. The number of amides is 2. The molecule has 0 saturated heterocycles. The molecule has 41 heavy (non-hydrogen) atoms. The van der Waals surface area contributed by atoms with Crippen LogP contribution >= 0.6 is 11.3 Å². The molecule has 3 aromatic carbocycles. The van der Waals surface area contributed by atoms with Gasteiger partial charge in [-0.1, -0.05) is 67.6 Å². The van der Waals surface area contributed by atoms with Crippen LogP contribution < -0.4 is 10.6 Å². The number of nitrogens with zero attached hydrogens (tertiary/aromatic N) is 2. The van der Waals surface area contributed by atoms with Crippen molar-refractivity contribution in [3.8, 4) is 0 Å². The van der Waals surface area contributed by atoms with Crippen molar-refractivity contribution >= 4 is 23.2 Å². The summed E-state index contributed by atoms with van der Waals surface area (Å²) in [6.07, 6.45) is 0.609. The lowest BCUT2D eigenvalue weighted by atomic mass is 10.00. The van der Waals surface area contributed by atoms with Gasteiger partial charge in [-0.25, -0.2) is 4.98 Å². The Morgan fingerprint density at radius 3 is 2.39 bits per heavy atom. The van der Waals surface area contributed by atoms with Crippen molar-refractivity contribution in [1.82, 2.24) is 20.5 Å². The molecule has 214 valence electrons. The number of aliphatic hydroxyl groups is 1. The van der Waals surface area contributed by atoms with Gasteiger partial charge in [0.15, 0.2) is 0 Å². The monoisotopic (exact) mass is 570 g/mol. The highest BCUT2D eigenvalue weighted by Crippen LogP contribution is 2.15. The Hall–Kier alpha value is -3.85. The second-order valence-corrected chi connectivity index (χ2v) is 11.2. The van der Waals surface area contributed by atoms with Crippen molar-refractivity contribution in [1.29, 1.82) is 0 Å². The highest BCUT2D eigenvalue weighted by molar-refractivity contribution is 7.09. The fraction of sp³-hybridized carbons (Fsp3) is 0.303. The predicted molar refractivity (Wildman–Crippen MR) is 164 cm³/mol. The molecule has 0 bridgehead atoms. The van der Waals surface area contributed by atoms with E-state index in [1.54, 1.807) is 36.2 Å². The number of aliphatic hydroxyl groups excluding tert-OH is 1. The summed E-state index contributed by atoms with van der Waals surface area (Å²) in [6.45, 7) is 5.38. The number of benzene rings is 3. The first-order chi connectivity index (χ1) is 19.8. The molecule has 7 nitrogen and oxygen atoms in total. The molecule has 3 N–H and O–H groups in total. The fourth-order valence-corrected chi connectivity index (χ4v) is 5.46. The van der Waals surface area contributed by atoms with Crippen LogP contribution in [-0.4, -0.2) is 52.5 Å². The van der Waals surface area contributed by atoms with Gasteiger partial charge in [0.1, 0.15) is 5.01 Å². The van der Waals surface area contributed by atoms with Gasteiger partial charge >= 0.3 is 0 Å². The standard InChI is InChI=1S/C33H38N4O3S/c1-4-24-12-8-13-26(16-24)19-34-20-30(38)29(17-25-10-6-5-7-11-25)36-32(39)27-14-9-15-28(18-27)33(40)37(3)21-31-35-23(2)22-41-31/h5-16,18,22,29-30,34,38H,4,17,19-21H2,1-3H3,(H,36,39)/t29-,30+/m0/s1. The van der Waals surface area contributed by atoms with Gasteiger partial charge in [-0.05, 0) is 54.7 Å². The molecule has 0 radical (unpaired) electrons. The molecule has 2 atom stereocenters. The first-order valence-corrected chi connectivity index (χ1v) is 14.8. The lowest BCUT2D eigenvalue weighted by molar-refractivity contribution is 0.0784. The quantitative estimate of drug-likeness (QED) is 0.215. The van der Waals surface area contributed by atoms with Crippen molar-refractivity contribution in [2.24, 2.45) is 0 Å². The minimum atomic E-state index is -0.828. The number of rotatable bonds is 13. The van der Waals surface area contributed by atoms with Crippen LogP contribution in [0.2, 0.25) is 0 Å². The molecule has 4 aromatic rings. The van der Waals surface area contributed by atoms with E-state index in [9.17, 15) is 14.7 Å². The van der Waals surface area contributed by atoms with Gasteiger partial charge < -0.3 is 20.6 Å². The maximum absolute atomic E-state index is 13.4.